The van der Waals surface area contributed by atoms with Gasteiger partial charge in [0.25, 0.3) is 6.43 Å². The van der Waals surface area contributed by atoms with E-state index in [-0.39, 0.29) is 11.7 Å². The molecule has 1 unspecified atom stereocenters. The molecule has 4 nitrogen and oxygen atoms in total. The second-order valence-corrected chi connectivity index (χ2v) is 4.80. The van der Waals surface area contributed by atoms with Gasteiger partial charge in [0.05, 0.1) is 6.04 Å². The van der Waals surface area contributed by atoms with Gasteiger partial charge in [-0.3, -0.25) is 4.90 Å². The van der Waals surface area contributed by atoms with Crippen LogP contribution in [0.15, 0.2) is 6.07 Å². The van der Waals surface area contributed by atoms with E-state index in [1.165, 1.54) is 6.07 Å². The molecule has 0 aromatic carbocycles. The summed E-state index contributed by atoms with van der Waals surface area (Å²) >= 11 is 0. The van der Waals surface area contributed by atoms with Crippen molar-refractivity contribution in [2.24, 2.45) is 0 Å². The van der Waals surface area contributed by atoms with Gasteiger partial charge >= 0.3 is 0 Å². The van der Waals surface area contributed by atoms with Gasteiger partial charge in [0, 0.05) is 31.9 Å². The van der Waals surface area contributed by atoms with Crippen molar-refractivity contribution >= 4 is 0 Å². The summed E-state index contributed by atoms with van der Waals surface area (Å²) in [5.41, 5.74) is 0.435. The van der Waals surface area contributed by atoms with Gasteiger partial charge < -0.3 is 5.32 Å². The number of aromatic nitrogens is 2. The van der Waals surface area contributed by atoms with E-state index < -0.39 is 6.43 Å². The number of hydrogen-bond donors (Lipinski definition) is 1. The molecule has 0 spiro atoms. The average molecular weight is 270 g/mol. The van der Waals surface area contributed by atoms with Gasteiger partial charge in [0.15, 0.2) is 0 Å². The fourth-order valence-corrected chi connectivity index (χ4v) is 2.48. The minimum Gasteiger partial charge on any atom is -0.314 e. The molecule has 6 heteroatoms. The first kappa shape index (κ1) is 14.3. The molecule has 1 aromatic heterocycles. The molecule has 0 radical (unpaired) electrons. The first-order chi connectivity index (χ1) is 9.11. The standard InChI is InChI=1S/C13H20F2N4/c1-3-11(19-6-4-16-5-7-19)13-17-9(2)8-10(18-13)12(14)15/h8,11-12,16H,3-7H2,1-2H3. The van der Waals surface area contributed by atoms with Crippen LogP contribution in [0.3, 0.4) is 0 Å². The molecule has 106 valence electrons. The molecule has 1 N–H and O–H groups in total. The number of rotatable bonds is 4. The molecule has 1 aliphatic heterocycles. The van der Waals surface area contributed by atoms with E-state index >= 15 is 0 Å². The number of aryl methyl sites for hydroxylation is 1. The van der Waals surface area contributed by atoms with Crippen LogP contribution < -0.4 is 5.32 Å². The summed E-state index contributed by atoms with van der Waals surface area (Å²) in [7, 11) is 0. The lowest BCUT2D eigenvalue weighted by Crippen LogP contribution is -2.45. The molecular formula is C13H20F2N4. The largest absolute Gasteiger partial charge is 0.314 e. The molecule has 1 fully saturated rings. The fourth-order valence-electron chi connectivity index (χ4n) is 2.48. The van der Waals surface area contributed by atoms with Crippen LogP contribution in [0.1, 0.15) is 43.0 Å². The monoisotopic (exact) mass is 270 g/mol. The minimum atomic E-state index is -2.54. The van der Waals surface area contributed by atoms with Crippen molar-refractivity contribution in [1.82, 2.24) is 20.2 Å². The van der Waals surface area contributed by atoms with Gasteiger partial charge in [0.2, 0.25) is 0 Å². The third-order valence-electron chi connectivity index (χ3n) is 3.39. The Morgan fingerprint density at radius 3 is 2.58 bits per heavy atom. The zero-order valence-corrected chi connectivity index (χ0v) is 11.4. The van der Waals surface area contributed by atoms with Gasteiger partial charge in [-0.25, -0.2) is 18.7 Å². The Morgan fingerprint density at radius 2 is 2.00 bits per heavy atom. The Balaban J connectivity index is 2.26. The molecule has 0 amide bonds. The van der Waals surface area contributed by atoms with E-state index in [4.69, 9.17) is 0 Å². The smallest absolute Gasteiger partial charge is 0.280 e. The van der Waals surface area contributed by atoms with Gasteiger partial charge in [-0.2, -0.15) is 0 Å². The number of piperazine rings is 1. The predicted molar refractivity (Wildman–Crippen MR) is 69.2 cm³/mol. The van der Waals surface area contributed by atoms with Crippen LogP contribution >= 0.6 is 0 Å². The SMILES string of the molecule is CCC(c1nc(C)cc(C(F)F)n1)N1CCNCC1. The van der Waals surface area contributed by atoms with E-state index in [0.29, 0.717) is 11.5 Å². The van der Waals surface area contributed by atoms with Crippen LogP contribution in [0.2, 0.25) is 0 Å². The highest BCUT2D eigenvalue weighted by atomic mass is 19.3. The summed E-state index contributed by atoms with van der Waals surface area (Å²) in [5, 5.41) is 3.28. The fraction of sp³-hybridized carbons (Fsp3) is 0.692. The quantitative estimate of drug-likeness (QED) is 0.909. The molecule has 1 saturated heterocycles. The summed E-state index contributed by atoms with van der Waals surface area (Å²) in [5.74, 6) is 0.528. The zero-order chi connectivity index (χ0) is 13.8. The van der Waals surface area contributed by atoms with Crippen molar-refractivity contribution < 1.29 is 8.78 Å². The highest BCUT2D eigenvalue weighted by Gasteiger charge is 2.24. The van der Waals surface area contributed by atoms with E-state index in [1.807, 2.05) is 6.92 Å². The van der Waals surface area contributed by atoms with Crippen LogP contribution in [-0.2, 0) is 0 Å². The molecule has 1 aromatic rings. The number of nitrogens with zero attached hydrogens (tertiary/aromatic N) is 3. The lowest BCUT2D eigenvalue weighted by atomic mass is 10.1. The number of nitrogens with one attached hydrogen (secondary N) is 1. The van der Waals surface area contributed by atoms with Crippen molar-refractivity contribution in [3.63, 3.8) is 0 Å². The van der Waals surface area contributed by atoms with Crippen LogP contribution in [0.5, 0.6) is 0 Å². The molecule has 0 saturated carbocycles. The maximum Gasteiger partial charge on any atom is 0.280 e. The van der Waals surface area contributed by atoms with Crippen LogP contribution in [0, 0.1) is 6.92 Å². The predicted octanol–water partition coefficient (Wildman–Crippen LogP) is 2.08. The average Bonchev–Trinajstić information content (AvgIpc) is 2.40. The Kier molecular flexibility index (Phi) is 4.76. The number of halogens is 2. The van der Waals surface area contributed by atoms with Crippen LogP contribution in [0.4, 0.5) is 8.78 Å². The zero-order valence-electron chi connectivity index (χ0n) is 11.4. The van der Waals surface area contributed by atoms with Crippen LogP contribution in [-0.4, -0.2) is 41.0 Å². The maximum atomic E-state index is 12.8. The highest BCUT2D eigenvalue weighted by Crippen LogP contribution is 2.24. The van der Waals surface area contributed by atoms with E-state index in [0.717, 1.165) is 32.6 Å². The second-order valence-electron chi connectivity index (χ2n) is 4.80. The molecule has 0 bridgehead atoms. The molecule has 2 rings (SSSR count). The maximum absolute atomic E-state index is 12.8. The molecule has 2 heterocycles. The Labute approximate surface area is 112 Å². The van der Waals surface area contributed by atoms with Crippen molar-refractivity contribution in [1.29, 1.82) is 0 Å². The van der Waals surface area contributed by atoms with E-state index in [9.17, 15) is 8.78 Å². The summed E-state index contributed by atoms with van der Waals surface area (Å²) in [6.45, 7) is 7.43. The Hall–Kier alpha value is -1.14. The molecular weight excluding hydrogens is 250 g/mol. The van der Waals surface area contributed by atoms with Crippen molar-refractivity contribution in [2.45, 2.75) is 32.7 Å². The second kappa shape index (κ2) is 6.34. The first-order valence-electron chi connectivity index (χ1n) is 6.70. The van der Waals surface area contributed by atoms with Gasteiger partial charge in [-0.1, -0.05) is 6.92 Å². The first-order valence-corrected chi connectivity index (χ1v) is 6.70. The van der Waals surface area contributed by atoms with Crippen LogP contribution in [0.25, 0.3) is 0 Å². The number of alkyl halides is 2. The van der Waals surface area contributed by atoms with Crippen molar-refractivity contribution in [3.8, 4) is 0 Å². The molecule has 19 heavy (non-hydrogen) atoms. The topological polar surface area (TPSA) is 41.1 Å². The third-order valence-corrected chi connectivity index (χ3v) is 3.39. The van der Waals surface area contributed by atoms with Gasteiger partial charge in [-0.05, 0) is 19.4 Å². The summed E-state index contributed by atoms with van der Waals surface area (Å²) < 4.78 is 25.6. The summed E-state index contributed by atoms with van der Waals surface area (Å²) in [6, 6.07) is 1.39. The minimum absolute atomic E-state index is 0.0273. The van der Waals surface area contributed by atoms with Gasteiger partial charge in [0.1, 0.15) is 11.5 Å². The summed E-state index contributed by atoms with van der Waals surface area (Å²) in [6.07, 6.45) is -1.72. The molecule has 0 aliphatic carbocycles. The van der Waals surface area contributed by atoms with Crippen molar-refractivity contribution in [3.05, 3.63) is 23.3 Å². The van der Waals surface area contributed by atoms with E-state index in [1.54, 1.807) is 6.92 Å². The number of hydrogen-bond acceptors (Lipinski definition) is 4. The Bertz CT molecular complexity index is 419. The highest BCUT2D eigenvalue weighted by molar-refractivity contribution is 5.13. The lowest BCUT2D eigenvalue weighted by molar-refractivity contribution is 0.140. The molecule has 1 atom stereocenters. The Morgan fingerprint density at radius 1 is 1.32 bits per heavy atom. The third kappa shape index (κ3) is 3.45. The normalized spacial score (nSPS) is 18.8. The lowest BCUT2D eigenvalue weighted by Gasteiger charge is -2.33. The van der Waals surface area contributed by atoms with E-state index in [2.05, 4.69) is 20.2 Å². The van der Waals surface area contributed by atoms with Crippen molar-refractivity contribution in [2.75, 3.05) is 26.2 Å². The molecule has 1 aliphatic rings. The summed E-state index contributed by atoms with van der Waals surface area (Å²) in [4.78, 5) is 10.7. The van der Waals surface area contributed by atoms with Gasteiger partial charge in [-0.15, -0.1) is 0 Å².